The van der Waals surface area contributed by atoms with Gasteiger partial charge in [-0.2, -0.15) is 5.26 Å². The number of β-amino-alcohol motifs (C(OH)–C–C–N with tert-alkyl or cyclic N) is 1. The molecule has 1 atom stereocenters. The van der Waals surface area contributed by atoms with Gasteiger partial charge in [0.15, 0.2) is 0 Å². The second-order valence-electron chi connectivity index (χ2n) is 4.31. The number of nitriles is 1. The molecule has 0 saturated carbocycles. The van der Waals surface area contributed by atoms with Crippen molar-refractivity contribution in [2.75, 3.05) is 18.0 Å². The predicted molar refractivity (Wildman–Crippen MR) is 65.3 cm³/mol. The predicted octanol–water partition coefficient (Wildman–Crippen LogP) is 1.43. The van der Waals surface area contributed by atoms with Crippen LogP contribution >= 0.6 is 0 Å². The van der Waals surface area contributed by atoms with Crippen LogP contribution in [0.3, 0.4) is 0 Å². The fourth-order valence-corrected chi connectivity index (χ4v) is 2.16. The average Bonchev–Trinajstić information content (AvgIpc) is 2.37. The van der Waals surface area contributed by atoms with Crippen molar-refractivity contribution in [1.82, 2.24) is 0 Å². The maximum atomic E-state index is 10.7. The molecule has 1 fully saturated rings. The number of benzene rings is 1. The van der Waals surface area contributed by atoms with E-state index in [-0.39, 0.29) is 17.4 Å². The minimum atomic E-state index is -0.562. The minimum Gasteiger partial charge on any atom is -0.391 e. The van der Waals surface area contributed by atoms with Crippen LogP contribution < -0.4 is 4.90 Å². The number of aliphatic hydroxyl groups excluding tert-OH is 1. The number of rotatable bonds is 2. The van der Waals surface area contributed by atoms with Gasteiger partial charge in [0, 0.05) is 24.8 Å². The first-order valence-corrected chi connectivity index (χ1v) is 5.73. The maximum Gasteiger partial charge on any atom is 0.287 e. The molecule has 1 aromatic carbocycles. The van der Waals surface area contributed by atoms with E-state index in [0.29, 0.717) is 6.54 Å². The highest BCUT2D eigenvalue weighted by Crippen LogP contribution is 2.26. The van der Waals surface area contributed by atoms with Gasteiger partial charge in [-0.25, -0.2) is 0 Å². The molecule has 0 spiro atoms. The van der Waals surface area contributed by atoms with Crippen LogP contribution in [0.25, 0.3) is 0 Å². The standard InChI is InChI=1S/C12H13N3O3/c13-7-9-6-10(3-4-12(9)15(17)18)14-5-1-2-11(16)8-14/h3-4,6,11,16H,1-2,5,8H2. The molecular weight excluding hydrogens is 234 g/mol. The third-order valence-electron chi connectivity index (χ3n) is 3.06. The van der Waals surface area contributed by atoms with Gasteiger partial charge in [0.2, 0.25) is 0 Å². The molecule has 18 heavy (non-hydrogen) atoms. The molecule has 1 aliphatic rings. The van der Waals surface area contributed by atoms with E-state index < -0.39 is 4.92 Å². The first kappa shape index (κ1) is 12.3. The zero-order chi connectivity index (χ0) is 13.1. The van der Waals surface area contributed by atoms with Crippen molar-refractivity contribution >= 4 is 11.4 Å². The van der Waals surface area contributed by atoms with Crippen molar-refractivity contribution < 1.29 is 10.0 Å². The normalized spacial score (nSPS) is 19.3. The van der Waals surface area contributed by atoms with E-state index in [0.717, 1.165) is 25.1 Å². The molecule has 6 heteroatoms. The van der Waals surface area contributed by atoms with Gasteiger partial charge in [0.1, 0.15) is 11.6 Å². The number of aliphatic hydroxyl groups is 1. The number of piperidine rings is 1. The number of hydrogen-bond acceptors (Lipinski definition) is 5. The Morgan fingerprint density at radius 1 is 1.56 bits per heavy atom. The molecule has 1 unspecified atom stereocenters. The first-order valence-electron chi connectivity index (χ1n) is 5.73. The minimum absolute atomic E-state index is 0.0533. The summed E-state index contributed by atoms with van der Waals surface area (Å²) in [6.07, 6.45) is 1.27. The smallest absolute Gasteiger partial charge is 0.287 e. The average molecular weight is 247 g/mol. The lowest BCUT2D eigenvalue weighted by molar-refractivity contribution is -0.385. The van der Waals surface area contributed by atoms with Gasteiger partial charge in [0.05, 0.1) is 11.0 Å². The molecule has 1 saturated heterocycles. The summed E-state index contributed by atoms with van der Waals surface area (Å²) < 4.78 is 0. The van der Waals surface area contributed by atoms with Crippen LogP contribution in [0.4, 0.5) is 11.4 Å². The van der Waals surface area contributed by atoms with E-state index in [1.165, 1.54) is 12.1 Å². The van der Waals surface area contributed by atoms with Gasteiger partial charge in [0.25, 0.3) is 5.69 Å². The summed E-state index contributed by atoms with van der Waals surface area (Å²) in [5.41, 5.74) is 0.618. The second-order valence-corrected chi connectivity index (χ2v) is 4.31. The van der Waals surface area contributed by atoms with Gasteiger partial charge in [-0.1, -0.05) is 0 Å². The lowest BCUT2D eigenvalue weighted by Gasteiger charge is -2.31. The topological polar surface area (TPSA) is 90.4 Å². The molecular formula is C12H13N3O3. The summed E-state index contributed by atoms with van der Waals surface area (Å²) in [6, 6.07) is 6.31. The molecule has 94 valence electrons. The zero-order valence-corrected chi connectivity index (χ0v) is 9.74. The summed E-state index contributed by atoms with van der Waals surface area (Å²) in [4.78, 5) is 12.1. The van der Waals surface area contributed by atoms with Crippen LogP contribution in [0, 0.1) is 21.4 Å². The molecule has 1 N–H and O–H groups in total. The molecule has 1 aromatic rings. The molecule has 2 rings (SSSR count). The monoisotopic (exact) mass is 247 g/mol. The van der Waals surface area contributed by atoms with Crippen molar-refractivity contribution in [2.24, 2.45) is 0 Å². The largest absolute Gasteiger partial charge is 0.391 e. The third-order valence-corrected chi connectivity index (χ3v) is 3.06. The van der Waals surface area contributed by atoms with Crippen molar-refractivity contribution in [1.29, 1.82) is 5.26 Å². The van der Waals surface area contributed by atoms with Crippen molar-refractivity contribution in [3.63, 3.8) is 0 Å². The number of hydrogen-bond donors (Lipinski definition) is 1. The van der Waals surface area contributed by atoms with E-state index in [1.54, 1.807) is 6.07 Å². The van der Waals surface area contributed by atoms with E-state index in [4.69, 9.17) is 5.26 Å². The molecule has 1 heterocycles. The summed E-state index contributed by atoms with van der Waals surface area (Å²) in [5, 5.41) is 29.2. The van der Waals surface area contributed by atoms with Gasteiger partial charge < -0.3 is 10.0 Å². The van der Waals surface area contributed by atoms with Gasteiger partial charge in [-0.15, -0.1) is 0 Å². The Labute approximate surface area is 104 Å². The van der Waals surface area contributed by atoms with Crippen LogP contribution in [0.5, 0.6) is 0 Å². The van der Waals surface area contributed by atoms with Crippen molar-refractivity contribution in [3.05, 3.63) is 33.9 Å². The van der Waals surface area contributed by atoms with E-state index >= 15 is 0 Å². The Balaban J connectivity index is 2.30. The fourth-order valence-electron chi connectivity index (χ4n) is 2.16. The summed E-state index contributed by atoms with van der Waals surface area (Å²) in [7, 11) is 0. The van der Waals surface area contributed by atoms with Crippen LogP contribution in [-0.2, 0) is 0 Å². The SMILES string of the molecule is N#Cc1cc(N2CCCC(O)C2)ccc1[N+](=O)[O-]. The van der Waals surface area contributed by atoms with E-state index in [2.05, 4.69) is 0 Å². The summed E-state index contributed by atoms with van der Waals surface area (Å²) in [6.45, 7) is 1.29. The van der Waals surface area contributed by atoms with E-state index in [9.17, 15) is 15.2 Å². The molecule has 1 aliphatic heterocycles. The molecule has 0 amide bonds. The van der Waals surface area contributed by atoms with Crippen LogP contribution in [-0.4, -0.2) is 29.2 Å². The highest BCUT2D eigenvalue weighted by Gasteiger charge is 2.20. The number of anilines is 1. The first-order chi connectivity index (χ1) is 8.61. The van der Waals surface area contributed by atoms with E-state index in [1.807, 2.05) is 11.0 Å². The Kier molecular flexibility index (Phi) is 3.44. The highest BCUT2D eigenvalue weighted by molar-refractivity contribution is 5.60. The van der Waals surface area contributed by atoms with Gasteiger partial charge in [-0.05, 0) is 25.0 Å². The molecule has 0 radical (unpaired) electrons. The molecule has 0 aliphatic carbocycles. The fraction of sp³-hybridized carbons (Fsp3) is 0.417. The van der Waals surface area contributed by atoms with Crippen LogP contribution in [0.1, 0.15) is 18.4 Å². The Hall–Kier alpha value is -2.13. The Bertz CT molecular complexity index is 510. The summed E-state index contributed by atoms with van der Waals surface area (Å²) in [5.74, 6) is 0. The number of nitrogens with zero attached hydrogens (tertiary/aromatic N) is 3. The van der Waals surface area contributed by atoms with Crippen LogP contribution in [0.15, 0.2) is 18.2 Å². The molecule has 0 bridgehead atoms. The van der Waals surface area contributed by atoms with Crippen LogP contribution in [0.2, 0.25) is 0 Å². The lowest BCUT2D eigenvalue weighted by Crippen LogP contribution is -2.38. The quantitative estimate of drug-likeness (QED) is 0.630. The molecule has 0 aromatic heterocycles. The number of nitro benzene ring substituents is 1. The maximum absolute atomic E-state index is 10.7. The third kappa shape index (κ3) is 2.41. The Morgan fingerprint density at radius 2 is 2.33 bits per heavy atom. The van der Waals surface area contributed by atoms with Gasteiger partial charge >= 0.3 is 0 Å². The lowest BCUT2D eigenvalue weighted by atomic mass is 10.1. The molecule has 6 nitrogen and oxygen atoms in total. The van der Waals surface area contributed by atoms with Gasteiger partial charge in [-0.3, -0.25) is 10.1 Å². The highest BCUT2D eigenvalue weighted by atomic mass is 16.6. The summed E-state index contributed by atoms with van der Waals surface area (Å²) >= 11 is 0. The second kappa shape index (κ2) is 5.02. The van der Waals surface area contributed by atoms with Crippen molar-refractivity contribution in [2.45, 2.75) is 18.9 Å². The zero-order valence-electron chi connectivity index (χ0n) is 9.74. The Morgan fingerprint density at radius 3 is 2.94 bits per heavy atom. The van der Waals surface area contributed by atoms with Crippen molar-refractivity contribution in [3.8, 4) is 6.07 Å². The number of nitro groups is 1.